The number of hydrogen-bond acceptors (Lipinski definition) is 6. The standard InChI is InChI=1S/C18H12ClF3N2O6S/c19-13-6-5-10(18(20,21)22)7-14(13)31(28,29)23-8-15(25)30-9-24-16(26)11-3-1-2-4-12(11)17(24)27/h1-7,23H,8-9H2. The smallest absolute Gasteiger partial charge is 0.416 e. The lowest BCUT2D eigenvalue weighted by molar-refractivity contribution is -0.144. The van der Waals surface area contributed by atoms with E-state index in [1.807, 2.05) is 0 Å². The summed E-state index contributed by atoms with van der Waals surface area (Å²) in [5, 5.41) is -0.486. The molecule has 8 nitrogen and oxygen atoms in total. The van der Waals surface area contributed by atoms with Crippen molar-refractivity contribution in [1.82, 2.24) is 9.62 Å². The predicted molar refractivity (Wildman–Crippen MR) is 99.5 cm³/mol. The van der Waals surface area contributed by atoms with E-state index < -0.39 is 62.7 Å². The quantitative estimate of drug-likeness (QED) is 0.506. The number of benzene rings is 2. The van der Waals surface area contributed by atoms with Crippen LogP contribution in [-0.2, 0) is 25.7 Å². The van der Waals surface area contributed by atoms with Crippen molar-refractivity contribution in [3.63, 3.8) is 0 Å². The number of ether oxygens (including phenoxy) is 1. The number of rotatable bonds is 6. The van der Waals surface area contributed by atoms with Gasteiger partial charge in [0.05, 0.1) is 21.7 Å². The number of amides is 2. The number of halogens is 4. The highest BCUT2D eigenvalue weighted by molar-refractivity contribution is 7.89. The topological polar surface area (TPSA) is 110 Å². The Bertz CT molecular complexity index is 1150. The van der Waals surface area contributed by atoms with Crippen molar-refractivity contribution >= 4 is 39.4 Å². The molecule has 1 aliphatic heterocycles. The molecule has 2 aromatic rings. The van der Waals surface area contributed by atoms with Gasteiger partial charge in [-0.05, 0) is 30.3 Å². The van der Waals surface area contributed by atoms with Crippen molar-refractivity contribution in [3.05, 3.63) is 64.2 Å². The normalized spacial score (nSPS) is 14.0. The molecule has 164 valence electrons. The second-order valence-corrected chi connectivity index (χ2v) is 8.34. The van der Waals surface area contributed by atoms with Gasteiger partial charge in [-0.3, -0.25) is 14.4 Å². The van der Waals surface area contributed by atoms with Crippen molar-refractivity contribution in [2.75, 3.05) is 13.3 Å². The van der Waals surface area contributed by atoms with Crippen LogP contribution in [0.15, 0.2) is 47.4 Å². The lowest BCUT2D eigenvalue weighted by atomic mass is 10.1. The molecule has 0 bridgehead atoms. The fraction of sp³-hybridized carbons (Fsp3) is 0.167. The number of alkyl halides is 3. The van der Waals surface area contributed by atoms with Gasteiger partial charge in [0.1, 0.15) is 11.4 Å². The van der Waals surface area contributed by atoms with Crippen LogP contribution < -0.4 is 4.72 Å². The molecule has 3 rings (SSSR count). The van der Waals surface area contributed by atoms with E-state index in [1.54, 1.807) is 16.9 Å². The van der Waals surface area contributed by atoms with Crippen LogP contribution in [0.5, 0.6) is 0 Å². The van der Waals surface area contributed by atoms with Gasteiger partial charge >= 0.3 is 12.1 Å². The van der Waals surface area contributed by atoms with Gasteiger partial charge in [0, 0.05) is 0 Å². The highest BCUT2D eigenvalue weighted by atomic mass is 35.5. The van der Waals surface area contributed by atoms with Gasteiger partial charge < -0.3 is 4.74 Å². The molecule has 1 heterocycles. The maximum atomic E-state index is 12.8. The summed E-state index contributed by atoms with van der Waals surface area (Å²) in [5.41, 5.74) is -0.989. The molecule has 0 atom stereocenters. The molecule has 0 fully saturated rings. The van der Waals surface area contributed by atoms with Crippen LogP contribution in [0.3, 0.4) is 0 Å². The zero-order valence-electron chi connectivity index (χ0n) is 15.3. The number of carbonyl (C=O) groups excluding carboxylic acids is 3. The summed E-state index contributed by atoms with van der Waals surface area (Å²) in [6.45, 7) is -1.74. The minimum Gasteiger partial charge on any atom is -0.443 e. The molecule has 0 aromatic heterocycles. The maximum absolute atomic E-state index is 12.8. The van der Waals surface area contributed by atoms with Crippen molar-refractivity contribution in [2.45, 2.75) is 11.1 Å². The van der Waals surface area contributed by atoms with E-state index in [9.17, 15) is 36.0 Å². The van der Waals surface area contributed by atoms with E-state index in [0.717, 1.165) is 6.07 Å². The second-order valence-electron chi connectivity index (χ2n) is 6.20. The van der Waals surface area contributed by atoms with Gasteiger partial charge in [0.15, 0.2) is 6.73 Å². The molecule has 13 heteroatoms. The number of sulfonamides is 1. The maximum Gasteiger partial charge on any atom is 0.416 e. The molecule has 2 amide bonds. The lowest BCUT2D eigenvalue weighted by Crippen LogP contribution is -2.36. The van der Waals surface area contributed by atoms with E-state index >= 15 is 0 Å². The number of hydrogen-bond donors (Lipinski definition) is 1. The monoisotopic (exact) mass is 476 g/mol. The summed E-state index contributed by atoms with van der Waals surface area (Å²) in [6, 6.07) is 7.64. The molecule has 1 aliphatic rings. The van der Waals surface area contributed by atoms with E-state index in [-0.39, 0.29) is 11.1 Å². The van der Waals surface area contributed by atoms with Crippen LogP contribution >= 0.6 is 11.6 Å². The molecular formula is C18H12ClF3N2O6S. The Kier molecular flexibility index (Phi) is 6.07. The third-order valence-electron chi connectivity index (χ3n) is 4.19. The van der Waals surface area contributed by atoms with Gasteiger partial charge in [0.2, 0.25) is 10.0 Å². The first-order chi connectivity index (χ1) is 14.4. The third kappa shape index (κ3) is 4.70. The fourth-order valence-electron chi connectivity index (χ4n) is 2.66. The largest absolute Gasteiger partial charge is 0.443 e. The molecule has 0 saturated heterocycles. The number of fused-ring (bicyclic) bond motifs is 1. The van der Waals surface area contributed by atoms with E-state index in [4.69, 9.17) is 16.3 Å². The number of esters is 1. The number of imide groups is 1. The molecule has 0 radical (unpaired) electrons. The Morgan fingerprint density at radius 3 is 2.19 bits per heavy atom. The van der Waals surface area contributed by atoms with Crippen LogP contribution in [0, 0.1) is 0 Å². The van der Waals surface area contributed by atoms with Crippen molar-refractivity contribution in [1.29, 1.82) is 0 Å². The van der Waals surface area contributed by atoms with Crippen molar-refractivity contribution in [2.24, 2.45) is 0 Å². The van der Waals surface area contributed by atoms with E-state index in [0.29, 0.717) is 17.0 Å². The SMILES string of the molecule is O=C(CNS(=O)(=O)c1cc(C(F)(F)F)ccc1Cl)OCN1C(=O)c2ccccc2C1=O. The van der Waals surface area contributed by atoms with Crippen LogP contribution in [0.4, 0.5) is 13.2 Å². The zero-order valence-corrected chi connectivity index (χ0v) is 16.8. The summed E-state index contributed by atoms with van der Waals surface area (Å²) >= 11 is 5.69. The van der Waals surface area contributed by atoms with Gasteiger partial charge in [0.25, 0.3) is 11.8 Å². The highest BCUT2D eigenvalue weighted by Crippen LogP contribution is 2.33. The zero-order chi connectivity index (χ0) is 23.0. The Labute approximate surface area is 178 Å². The summed E-state index contributed by atoms with van der Waals surface area (Å²) in [7, 11) is -4.60. The van der Waals surface area contributed by atoms with Gasteiger partial charge in [-0.1, -0.05) is 23.7 Å². The van der Waals surface area contributed by atoms with Gasteiger partial charge in [-0.25, -0.2) is 13.3 Å². The summed E-state index contributed by atoms with van der Waals surface area (Å²) < 4.78 is 69.5. The summed E-state index contributed by atoms with van der Waals surface area (Å²) in [5.74, 6) is -2.56. The molecule has 0 unspecified atom stereocenters. The first-order valence-electron chi connectivity index (χ1n) is 8.39. The van der Waals surface area contributed by atoms with Gasteiger partial charge in [-0.15, -0.1) is 0 Å². The Balaban J connectivity index is 1.63. The highest BCUT2D eigenvalue weighted by Gasteiger charge is 2.36. The van der Waals surface area contributed by atoms with Crippen LogP contribution in [-0.4, -0.2) is 44.4 Å². The first kappa shape index (κ1) is 22.7. The molecule has 2 aromatic carbocycles. The number of carbonyl (C=O) groups is 3. The summed E-state index contributed by atoms with van der Waals surface area (Å²) in [6.07, 6.45) is -4.81. The summed E-state index contributed by atoms with van der Waals surface area (Å²) in [4.78, 5) is 36.0. The van der Waals surface area contributed by atoms with Crippen molar-refractivity contribution < 1.29 is 40.7 Å². The Morgan fingerprint density at radius 2 is 1.65 bits per heavy atom. The molecule has 31 heavy (non-hydrogen) atoms. The van der Waals surface area contributed by atoms with Gasteiger partial charge in [-0.2, -0.15) is 17.9 Å². The fourth-order valence-corrected chi connectivity index (χ4v) is 4.15. The van der Waals surface area contributed by atoms with Crippen LogP contribution in [0.2, 0.25) is 5.02 Å². The molecule has 0 aliphatic carbocycles. The Hall–Kier alpha value is -2.96. The Morgan fingerprint density at radius 1 is 1.06 bits per heavy atom. The van der Waals surface area contributed by atoms with Crippen molar-refractivity contribution in [3.8, 4) is 0 Å². The van der Waals surface area contributed by atoms with E-state index in [2.05, 4.69) is 0 Å². The third-order valence-corrected chi connectivity index (χ3v) is 6.07. The number of nitrogens with zero attached hydrogens (tertiary/aromatic N) is 1. The van der Waals surface area contributed by atoms with Crippen LogP contribution in [0.1, 0.15) is 26.3 Å². The molecular weight excluding hydrogens is 465 g/mol. The lowest BCUT2D eigenvalue weighted by Gasteiger charge is -2.14. The first-order valence-corrected chi connectivity index (χ1v) is 10.2. The number of nitrogens with one attached hydrogen (secondary N) is 1. The average molecular weight is 477 g/mol. The van der Waals surface area contributed by atoms with E-state index in [1.165, 1.54) is 12.1 Å². The average Bonchev–Trinajstić information content (AvgIpc) is 2.94. The minimum atomic E-state index is -4.81. The predicted octanol–water partition coefficient (Wildman–Crippen LogP) is 2.43. The van der Waals surface area contributed by atoms with Crippen LogP contribution in [0.25, 0.3) is 0 Å². The molecule has 0 saturated carbocycles. The molecule has 0 spiro atoms. The second kappa shape index (κ2) is 8.29. The molecule has 1 N–H and O–H groups in total. The minimum absolute atomic E-state index is 0.128.